The molecule has 0 spiro atoms. The van der Waals surface area contributed by atoms with Crippen molar-refractivity contribution in [2.45, 2.75) is 6.54 Å². The number of rotatable bonds is 4. The van der Waals surface area contributed by atoms with E-state index in [0.29, 0.717) is 17.7 Å². The van der Waals surface area contributed by atoms with E-state index in [-0.39, 0.29) is 20.7 Å². The van der Waals surface area contributed by atoms with Gasteiger partial charge in [0.1, 0.15) is 9.36 Å². The lowest BCUT2D eigenvalue weighted by Gasteiger charge is -2.04. The van der Waals surface area contributed by atoms with Crippen LogP contribution in [0.4, 0.5) is 0 Å². The predicted octanol–water partition coefficient (Wildman–Crippen LogP) is 4.50. The van der Waals surface area contributed by atoms with Crippen LogP contribution >= 0.6 is 34.7 Å². The Morgan fingerprint density at radius 2 is 1.57 bits per heavy atom. The molecule has 6 heteroatoms. The maximum absolute atomic E-state index is 12.3. The number of benzene rings is 2. The molecule has 0 aliphatic rings. The van der Waals surface area contributed by atoms with Crippen molar-refractivity contribution >= 4 is 40.5 Å². The molecule has 3 aromatic rings. The zero-order valence-corrected chi connectivity index (χ0v) is 14.2. The van der Waals surface area contributed by atoms with Gasteiger partial charge in [-0.1, -0.05) is 77.8 Å². The molecule has 116 valence electrons. The molecule has 0 fully saturated rings. The molecule has 1 aromatic heterocycles. The molecule has 3 nitrogen and oxygen atoms in total. The number of ketones is 1. The maximum Gasteiger partial charge on any atom is 0.281 e. The summed E-state index contributed by atoms with van der Waals surface area (Å²) in [6.45, 7) is 0.371. The molecule has 0 saturated carbocycles. The number of halogens is 2. The molecule has 23 heavy (non-hydrogen) atoms. The van der Waals surface area contributed by atoms with Gasteiger partial charge >= 0.3 is 0 Å². The van der Waals surface area contributed by atoms with E-state index in [0.717, 1.165) is 17.1 Å². The Kier molecular flexibility index (Phi) is 4.66. The Labute approximate surface area is 146 Å². The van der Waals surface area contributed by atoms with Gasteiger partial charge in [-0.3, -0.25) is 13.5 Å². The van der Waals surface area contributed by atoms with Gasteiger partial charge in [-0.15, -0.1) is 0 Å². The van der Waals surface area contributed by atoms with Gasteiger partial charge in [0.05, 0.1) is 6.54 Å². The predicted molar refractivity (Wildman–Crippen MR) is 94.0 cm³/mol. The van der Waals surface area contributed by atoms with Crippen molar-refractivity contribution in [2.75, 3.05) is 0 Å². The summed E-state index contributed by atoms with van der Waals surface area (Å²) in [5, 5.41) is 0.0487. The van der Waals surface area contributed by atoms with Crippen LogP contribution in [0.2, 0.25) is 9.36 Å². The topological polar surface area (TPSA) is 39.1 Å². The normalized spacial score (nSPS) is 10.7. The van der Waals surface area contributed by atoms with Crippen LogP contribution in [-0.4, -0.2) is 9.74 Å². The molecule has 0 bridgehead atoms. The molecule has 0 aliphatic heterocycles. The summed E-state index contributed by atoms with van der Waals surface area (Å²) < 4.78 is 1.77. The molecular formula is C17H11Cl2NO2S. The maximum atomic E-state index is 12.3. The van der Waals surface area contributed by atoms with Crippen LogP contribution < -0.4 is 5.56 Å². The molecular weight excluding hydrogens is 353 g/mol. The first kappa shape index (κ1) is 16.0. The van der Waals surface area contributed by atoms with E-state index in [9.17, 15) is 9.59 Å². The van der Waals surface area contributed by atoms with Gasteiger partial charge in [0.2, 0.25) is 0 Å². The third-order valence-corrected chi connectivity index (χ3v) is 5.19. The Morgan fingerprint density at radius 3 is 2.13 bits per heavy atom. The summed E-state index contributed by atoms with van der Waals surface area (Å²) in [7, 11) is 0. The van der Waals surface area contributed by atoms with Gasteiger partial charge in [0, 0.05) is 11.1 Å². The molecule has 0 aliphatic carbocycles. The van der Waals surface area contributed by atoms with Gasteiger partial charge in [-0.05, 0) is 17.1 Å². The zero-order valence-electron chi connectivity index (χ0n) is 11.8. The van der Waals surface area contributed by atoms with E-state index >= 15 is 0 Å². The standard InChI is InChI=1S/C17H11Cl2NO2S/c18-14-16(19)23-20(17(14)22)10-11-6-8-13(9-7-11)15(21)12-4-2-1-3-5-12/h1-9H,10H2. The second-order valence-electron chi connectivity index (χ2n) is 4.91. The molecule has 0 amide bonds. The Balaban J connectivity index is 1.81. The third kappa shape index (κ3) is 3.39. The van der Waals surface area contributed by atoms with Crippen LogP contribution in [0.5, 0.6) is 0 Å². The van der Waals surface area contributed by atoms with Crippen molar-refractivity contribution in [1.29, 1.82) is 0 Å². The van der Waals surface area contributed by atoms with E-state index in [1.54, 1.807) is 24.3 Å². The van der Waals surface area contributed by atoms with Gasteiger partial charge in [0.25, 0.3) is 5.56 Å². The van der Waals surface area contributed by atoms with Crippen LogP contribution in [-0.2, 0) is 6.54 Å². The fourth-order valence-corrected chi connectivity index (χ4v) is 3.49. The highest BCUT2D eigenvalue weighted by molar-refractivity contribution is 7.11. The number of hydrogen-bond acceptors (Lipinski definition) is 3. The van der Waals surface area contributed by atoms with Crippen LogP contribution in [0.3, 0.4) is 0 Å². The summed E-state index contributed by atoms with van der Waals surface area (Å²) in [5.41, 5.74) is 1.85. The van der Waals surface area contributed by atoms with Crippen LogP contribution in [0.25, 0.3) is 0 Å². The SMILES string of the molecule is O=C(c1ccccc1)c1ccc(Cn2sc(Cl)c(Cl)c2=O)cc1. The Morgan fingerprint density at radius 1 is 0.957 bits per heavy atom. The lowest BCUT2D eigenvalue weighted by Crippen LogP contribution is -2.14. The second kappa shape index (κ2) is 6.71. The summed E-state index contributed by atoms with van der Waals surface area (Å²) in [5.74, 6) is -0.0310. The monoisotopic (exact) mass is 363 g/mol. The quantitative estimate of drug-likeness (QED) is 0.640. The first-order chi connectivity index (χ1) is 11.1. The molecule has 0 atom stereocenters. The van der Waals surface area contributed by atoms with Gasteiger partial charge in [-0.2, -0.15) is 0 Å². The van der Waals surface area contributed by atoms with E-state index in [1.165, 1.54) is 3.96 Å². The lowest BCUT2D eigenvalue weighted by molar-refractivity contribution is 0.103. The van der Waals surface area contributed by atoms with Crippen molar-refractivity contribution in [1.82, 2.24) is 3.96 Å². The number of carbonyl (C=O) groups is 1. The minimum Gasteiger partial charge on any atom is -0.289 e. The largest absolute Gasteiger partial charge is 0.289 e. The average Bonchev–Trinajstić information content (AvgIpc) is 2.83. The highest BCUT2D eigenvalue weighted by Crippen LogP contribution is 2.24. The molecule has 2 aromatic carbocycles. The number of carbonyl (C=O) groups excluding carboxylic acids is 1. The summed E-state index contributed by atoms with van der Waals surface area (Å²) in [6, 6.07) is 16.3. The van der Waals surface area contributed by atoms with Crippen molar-refractivity contribution < 1.29 is 4.79 Å². The number of nitrogens with zero attached hydrogens (tertiary/aromatic N) is 1. The van der Waals surface area contributed by atoms with Crippen LogP contribution in [0, 0.1) is 0 Å². The van der Waals surface area contributed by atoms with E-state index in [1.807, 2.05) is 30.3 Å². The summed E-state index contributed by atoms with van der Waals surface area (Å²) in [6.07, 6.45) is 0. The molecule has 1 heterocycles. The third-order valence-electron chi connectivity index (χ3n) is 3.36. The average molecular weight is 364 g/mol. The van der Waals surface area contributed by atoms with E-state index in [4.69, 9.17) is 23.2 Å². The lowest BCUT2D eigenvalue weighted by atomic mass is 10.0. The molecule has 0 unspecified atom stereocenters. The zero-order chi connectivity index (χ0) is 16.4. The first-order valence-corrected chi connectivity index (χ1v) is 8.33. The Bertz CT molecular complexity index is 899. The number of aromatic nitrogens is 1. The second-order valence-corrected chi connectivity index (χ2v) is 6.92. The van der Waals surface area contributed by atoms with Crippen LogP contribution in [0.15, 0.2) is 59.4 Å². The summed E-state index contributed by atoms with van der Waals surface area (Å²) in [4.78, 5) is 24.2. The summed E-state index contributed by atoms with van der Waals surface area (Å²) >= 11 is 12.8. The molecule has 0 radical (unpaired) electrons. The fraction of sp³-hybridized carbons (Fsp3) is 0.0588. The van der Waals surface area contributed by atoms with Gasteiger partial charge < -0.3 is 0 Å². The van der Waals surface area contributed by atoms with Crippen molar-refractivity contribution in [3.05, 3.63) is 91.0 Å². The van der Waals surface area contributed by atoms with Gasteiger partial charge in [-0.25, -0.2) is 0 Å². The van der Waals surface area contributed by atoms with E-state index in [2.05, 4.69) is 0 Å². The van der Waals surface area contributed by atoms with Crippen molar-refractivity contribution in [2.24, 2.45) is 0 Å². The minimum atomic E-state index is -0.300. The van der Waals surface area contributed by atoms with Gasteiger partial charge in [0.15, 0.2) is 5.78 Å². The van der Waals surface area contributed by atoms with Crippen molar-refractivity contribution in [3.8, 4) is 0 Å². The minimum absolute atomic E-state index is 0.0310. The molecule has 3 rings (SSSR count). The van der Waals surface area contributed by atoms with E-state index < -0.39 is 0 Å². The van der Waals surface area contributed by atoms with Crippen LogP contribution in [0.1, 0.15) is 21.5 Å². The highest BCUT2D eigenvalue weighted by atomic mass is 35.5. The van der Waals surface area contributed by atoms with Crippen molar-refractivity contribution in [3.63, 3.8) is 0 Å². The smallest absolute Gasteiger partial charge is 0.281 e. The highest BCUT2D eigenvalue weighted by Gasteiger charge is 2.12. The number of hydrogen-bond donors (Lipinski definition) is 0. The Hall–Kier alpha value is -1.88. The fourth-order valence-electron chi connectivity index (χ4n) is 2.16. The molecule has 0 saturated heterocycles. The first-order valence-electron chi connectivity index (χ1n) is 6.80. The molecule has 0 N–H and O–H groups in total.